The number of benzene rings is 4. The topological polar surface area (TPSA) is 94.9 Å². The summed E-state index contributed by atoms with van der Waals surface area (Å²) in [5, 5.41) is 0.568. The summed E-state index contributed by atoms with van der Waals surface area (Å²) in [6, 6.07) is 17.7. The summed E-state index contributed by atoms with van der Waals surface area (Å²) in [4.78, 5) is 39.2. The Balaban J connectivity index is 0.000000189. The Morgan fingerprint density at radius 3 is 1.61 bits per heavy atom. The Kier molecular flexibility index (Phi) is 12.1. The van der Waals surface area contributed by atoms with Gasteiger partial charge in [0.2, 0.25) is 5.88 Å². The lowest BCUT2D eigenvalue weighted by molar-refractivity contribution is -0.122. The van der Waals surface area contributed by atoms with Crippen LogP contribution in [0.4, 0.5) is 17.6 Å². The van der Waals surface area contributed by atoms with Gasteiger partial charge in [-0.3, -0.25) is 9.59 Å². The minimum Gasteiger partial charge on any atom is -0.437 e. The number of carbonyl (C=O) groups is 2. The molecule has 6 rings (SSSR count). The van der Waals surface area contributed by atoms with Crippen molar-refractivity contribution in [1.82, 2.24) is 19.9 Å². The van der Waals surface area contributed by atoms with Gasteiger partial charge in [0.05, 0.1) is 34.3 Å². The van der Waals surface area contributed by atoms with E-state index in [1.165, 1.54) is 68.7 Å². The van der Waals surface area contributed by atoms with E-state index in [9.17, 15) is 27.2 Å². The van der Waals surface area contributed by atoms with E-state index < -0.39 is 28.3 Å². The number of Topliss-reactive ketones (excluding diaryl/α,β-unsaturated/α-hetero) is 2. The number of para-hydroxylation sites is 2. The molecule has 2 heterocycles. The zero-order valence-electron chi connectivity index (χ0n) is 28.4. The molecule has 0 spiro atoms. The molecule has 0 N–H and O–H groups in total. The predicted molar refractivity (Wildman–Crippen MR) is 189 cm³/mol. The molecule has 0 aliphatic rings. The van der Waals surface area contributed by atoms with Gasteiger partial charge in [-0.25, -0.2) is 37.5 Å². The van der Waals surface area contributed by atoms with Crippen LogP contribution in [0.15, 0.2) is 85.2 Å². The number of halogens is 6. The number of ketones is 2. The van der Waals surface area contributed by atoms with E-state index >= 15 is 0 Å². The van der Waals surface area contributed by atoms with Crippen LogP contribution < -0.4 is 4.74 Å². The van der Waals surface area contributed by atoms with Gasteiger partial charge in [-0.1, -0.05) is 47.5 Å². The molecule has 7 nitrogen and oxygen atoms in total. The molecule has 2 aromatic heterocycles. The maximum absolute atomic E-state index is 14.4. The molecule has 0 saturated carbocycles. The third kappa shape index (κ3) is 8.84. The van der Waals surface area contributed by atoms with Crippen LogP contribution in [0.3, 0.4) is 0 Å². The first-order chi connectivity index (χ1) is 23.9. The number of carbonyl (C=O) groups excluding carboxylic acids is 2. The zero-order chi connectivity index (χ0) is 37.7. The first-order valence-corrected chi connectivity index (χ1v) is 16.1. The first kappa shape index (κ1) is 38.8. The van der Waals surface area contributed by atoms with Crippen LogP contribution >= 0.6 is 23.2 Å². The van der Waals surface area contributed by atoms with Gasteiger partial charge in [0.1, 0.15) is 45.1 Å². The quantitative estimate of drug-likeness (QED) is 0.157. The van der Waals surface area contributed by atoms with Crippen molar-refractivity contribution in [1.29, 1.82) is 0 Å². The fourth-order valence-corrected chi connectivity index (χ4v) is 5.32. The van der Waals surface area contributed by atoms with Crippen LogP contribution in [0.2, 0.25) is 10.2 Å². The Labute approximate surface area is 301 Å². The van der Waals surface area contributed by atoms with E-state index in [4.69, 9.17) is 27.9 Å². The number of hydrogen-bond acceptors (Lipinski definition) is 7. The lowest BCUT2D eigenvalue weighted by Crippen LogP contribution is -2.28. The standard InChI is InChI=1S/C19H16F2N2O2.C11H12ClFO.C8H4ClFN2/c1-11(24)19(2,3)17-12(20)6-5-9-15(17)25-16-10-22-18-13(21)7-4-8-14(18)23-16;1-7(14)11(2,3)10-8(12)5-4-6-9(10)13;9-7-4-11-8-5(10)2-1-3-6(8)12-7/h4-10H,1-3H3;4-6H,1-3H3;1-4H. The van der Waals surface area contributed by atoms with Gasteiger partial charge in [0.15, 0.2) is 11.6 Å². The van der Waals surface area contributed by atoms with Crippen LogP contribution in [-0.2, 0) is 20.4 Å². The summed E-state index contributed by atoms with van der Waals surface area (Å²) >= 11 is 11.4. The minimum absolute atomic E-state index is 0.0873. The molecule has 0 bridgehead atoms. The van der Waals surface area contributed by atoms with Crippen molar-refractivity contribution in [3.8, 4) is 11.6 Å². The molecule has 0 saturated heterocycles. The average Bonchev–Trinajstić information content (AvgIpc) is 3.05. The Morgan fingerprint density at radius 1 is 0.608 bits per heavy atom. The molecule has 264 valence electrons. The van der Waals surface area contributed by atoms with Crippen LogP contribution in [0, 0.1) is 23.3 Å². The molecule has 0 amide bonds. The number of nitrogens with zero attached hydrogens (tertiary/aromatic N) is 4. The first-order valence-electron chi connectivity index (χ1n) is 15.4. The van der Waals surface area contributed by atoms with E-state index in [1.807, 2.05) is 0 Å². The lowest BCUT2D eigenvalue weighted by atomic mass is 9.80. The fourth-order valence-electron chi connectivity index (χ4n) is 4.78. The normalized spacial score (nSPS) is 11.3. The highest BCUT2D eigenvalue weighted by atomic mass is 35.5. The van der Waals surface area contributed by atoms with Gasteiger partial charge >= 0.3 is 0 Å². The second-order valence-corrected chi connectivity index (χ2v) is 13.1. The summed E-state index contributed by atoms with van der Waals surface area (Å²) in [5.74, 6) is -1.89. The summed E-state index contributed by atoms with van der Waals surface area (Å²) in [5.41, 5.74) is -0.360. The molecule has 0 fully saturated rings. The van der Waals surface area contributed by atoms with Crippen LogP contribution in [0.5, 0.6) is 11.6 Å². The highest BCUT2D eigenvalue weighted by molar-refractivity contribution is 6.31. The van der Waals surface area contributed by atoms with E-state index in [0.29, 0.717) is 16.1 Å². The predicted octanol–water partition coefficient (Wildman–Crippen LogP) is 10.3. The maximum atomic E-state index is 14.4. The summed E-state index contributed by atoms with van der Waals surface area (Å²) in [7, 11) is 0. The van der Waals surface area contributed by atoms with Gasteiger partial charge in [0, 0.05) is 16.1 Å². The monoisotopic (exact) mass is 738 g/mol. The molecule has 6 aromatic rings. The van der Waals surface area contributed by atoms with Crippen molar-refractivity contribution in [2.24, 2.45) is 0 Å². The maximum Gasteiger partial charge on any atom is 0.238 e. The van der Waals surface area contributed by atoms with Crippen LogP contribution in [0.1, 0.15) is 52.7 Å². The zero-order valence-corrected chi connectivity index (χ0v) is 29.9. The molecule has 0 radical (unpaired) electrons. The van der Waals surface area contributed by atoms with Crippen LogP contribution in [-0.4, -0.2) is 31.5 Å². The Bertz CT molecular complexity index is 2230. The van der Waals surface area contributed by atoms with Crippen LogP contribution in [0.25, 0.3) is 22.1 Å². The molecule has 13 heteroatoms. The largest absolute Gasteiger partial charge is 0.437 e. The molecule has 0 aliphatic heterocycles. The highest BCUT2D eigenvalue weighted by Crippen LogP contribution is 2.37. The SMILES string of the molecule is CC(=O)C(C)(C)c1c(F)cccc1Cl.CC(=O)C(C)(C)c1c(F)cccc1Oc1cnc2c(F)cccc2n1.Fc1cccc2nc(Cl)cnc12. The molecular formula is C38H32Cl2F4N4O3. The molecule has 4 aromatic carbocycles. The van der Waals surface area contributed by atoms with Crippen molar-refractivity contribution < 1.29 is 31.9 Å². The van der Waals surface area contributed by atoms with Gasteiger partial charge in [-0.15, -0.1) is 0 Å². The Hall–Kier alpha value is -5.00. The van der Waals surface area contributed by atoms with E-state index in [0.717, 1.165) is 0 Å². The molecular weight excluding hydrogens is 707 g/mol. The van der Waals surface area contributed by atoms with Gasteiger partial charge in [-0.2, -0.15) is 0 Å². The number of fused-ring (bicyclic) bond motifs is 2. The number of aromatic nitrogens is 4. The summed E-state index contributed by atoms with van der Waals surface area (Å²) in [6.45, 7) is 9.42. The minimum atomic E-state index is -1.07. The smallest absolute Gasteiger partial charge is 0.238 e. The van der Waals surface area contributed by atoms with Crippen molar-refractivity contribution in [3.63, 3.8) is 0 Å². The fraction of sp³-hybridized carbons (Fsp3) is 0.211. The van der Waals surface area contributed by atoms with Gasteiger partial charge in [0.25, 0.3) is 0 Å². The summed E-state index contributed by atoms with van der Waals surface area (Å²) in [6.07, 6.45) is 2.59. The molecule has 51 heavy (non-hydrogen) atoms. The number of rotatable bonds is 6. The van der Waals surface area contributed by atoms with Gasteiger partial charge in [-0.05, 0) is 90.1 Å². The van der Waals surface area contributed by atoms with E-state index in [-0.39, 0.29) is 56.3 Å². The van der Waals surface area contributed by atoms with E-state index in [1.54, 1.807) is 58.0 Å². The van der Waals surface area contributed by atoms with Crippen molar-refractivity contribution in [3.05, 3.63) is 130 Å². The molecule has 0 unspecified atom stereocenters. The molecule has 0 atom stereocenters. The number of ether oxygens (including phenoxy) is 1. The van der Waals surface area contributed by atoms with Crippen molar-refractivity contribution in [2.45, 2.75) is 52.4 Å². The van der Waals surface area contributed by atoms with E-state index in [2.05, 4.69) is 19.9 Å². The van der Waals surface area contributed by atoms with Crippen molar-refractivity contribution in [2.75, 3.05) is 0 Å². The Morgan fingerprint density at radius 2 is 1.06 bits per heavy atom. The lowest BCUT2D eigenvalue weighted by Gasteiger charge is -2.24. The van der Waals surface area contributed by atoms with Crippen molar-refractivity contribution >= 4 is 56.8 Å². The molecule has 0 aliphatic carbocycles. The third-order valence-corrected chi connectivity index (χ3v) is 8.65. The second-order valence-electron chi connectivity index (χ2n) is 12.3. The van der Waals surface area contributed by atoms with Gasteiger partial charge < -0.3 is 4.74 Å². The highest BCUT2D eigenvalue weighted by Gasteiger charge is 2.33. The average molecular weight is 740 g/mol. The second kappa shape index (κ2) is 15.9. The number of hydrogen-bond donors (Lipinski definition) is 0. The third-order valence-electron chi connectivity index (χ3n) is 8.16. The summed E-state index contributed by atoms with van der Waals surface area (Å²) < 4.78 is 60.2.